The molecule has 0 bridgehead atoms. The van der Waals surface area contributed by atoms with Gasteiger partial charge in [0.05, 0.1) is 6.54 Å². The Morgan fingerprint density at radius 2 is 2.05 bits per heavy atom. The summed E-state index contributed by atoms with van der Waals surface area (Å²) in [6, 6.07) is 0.691. The smallest absolute Gasteiger partial charge is 0.318 e. The highest BCUT2D eigenvalue weighted by atomic mass is 16.4. The van der Waals surface area contributed by atoms with Crippen molar-refractivity contribution < 1.29 is 4.42 Å². The average molecular weight is 266 g/mol. The van der Waals surface area contributed by atoms with Crippen LogP contribution in [0.4, 0.5) is 6.01 Å². The number of rotatable bonds is 6. The fourth-order valence-corrected chi connectivity index (χ4v) is 2.44. The van der Waals surface area contributed by atoms with Gasteiger partial charge in [-0.2, -0.15) is 0 Å². The molecular formula is C14H26N4O. The van der Waals surface area contributed by atoms with Gasteiger partial charge in [0.2, 0.25) is 5.89 Å². The zero-order valence-electron chi connectivity index (χ0n) is 12.4. The van der Waals surface area contributed by atoms with Crippen LogP contribution in [0.2, 0.25) is 0 Å². The molecule has 1 aliphatic rings. The Balaban J connectivity index is 1.80. The van der Waals surface area contributed by atoms with Crippen molar-refractivity contribution in [3.8, 4) is 0 Å². The molecule has 1 fully saturated rings. The molecule has 1 aliphatic heterocycles. The van der Waals surface area contributed by atoms with Crippen molar-refractivity contribution in [1.29, 1.82) is 0 Å². The van der Waals surface area contributed by atoms with Gasteiger partial charge in [-0.05, 0) is 31.2 Å². The fraction of sp³-hybridized carbons (Fsp3) is 0.857. The van der Waals surface area contributed by atoms with Crippen LogP contribution in [0.5, 0.6) is 0 Å². The minimum atomic E-state index is 0.635. The Morgan fingerprint density at radius 3 is 2.68 bits per heavy atom. The number of piperidine rings is 1. The van der Waals surface area contributed by atoms with E-state index >= 15 is 0 Å². The summed E-state index contributed by atoms with van der Waals surface area (Å²) in [5.74, 6) is 2.19. The van der Waals surface area contributed by atoms with E-state index in [1.165, 1.54) is 19.3 Å². The van der Waals surface area contributed by atoms with Gasteiger partial charge in [0.15, 0.2) is 0 Å². The summed E-state index contributed by atoms with van der Waals surface area (Å²) < 4.78 is 5.72. The van der Waals surface area contributed by atoms with Gasteiger partial charge in [-0.15, -0.1) is 5.10 Å². The normalized spacial score (nSPS) is 17.4. The molecule has 1 aromatic rings. The van der Waals surface area contributed by atoms with Gasteiger partial charge in [0.25, 0.3) is 0 Å². The molecule has 0 amide bonds. The van der Waals surface area contributed by atoms with Crippen molar-refractivity contribution in [1.82, 2.24) is 15.5 Å². The van der Waals surface area contributed by atoms with E-state index in [0.717, 1.165) is 25.6 Å². The van der Waals surface area contributed by atoms with Crippen LogP contribution < -0.4 is 10.2 Å². The summed E-state index contributed by atoms with van der Waals surface area (Å²) in [7, 11) is 0. The average Bonchev–Trinajstić information content (AvgIpc) is 2.87. The first-order chi connectivity index (χ1) is 9.19. The van der Waals surface area contributed by atoms with E-state index in [9.17, 15) is 0 Å². The van der Waals surface area contributed by atoms with E-state index in [2.05, 4.69) is 41.2 Å². The van der Waals surface area contributed by atoms with Gasteiger partial charge in [-0.25, -0.2) is 0 Å². The van der Waals surface area contributed by atoms with Crippen LogP contribution in [0.3, 0.4) is 0 Å². The van der Waals surface area contributed by atoms with Crippen molar-refractivity contribution in [2.75, 3.05) is 24.5 Å². The minimum absolute atomic E-state index is 0.635. The van der Waals surface area contributed by atoms with Gasteiger partial charge in [-0.3, -0.25) is 0 Å². The van der Waals surface area contributed by atoms with Crippen molar-refractivity contribution in [3.05, 3.63) is 5.89 Å². The molecule has 0 aliphatic carbocycles. The summed E-state index contributed by atoms with van der Waals surface area (Å²) in [4.78, 5) is 2.21. The molecule has 2 rings (SSSR count). The molecule has 0 saturated carbocycles. The first kappa shape index (κ1) is 14.3. The SMILES string of the molecule is CCC1CCN(c2nnc(CNCC(C)C)o2)CC1. The highest BCUT2D eigenvalue weighted by Crippen LogP contribution is 2.23. The second kappa shape index (κ2) is 6.89. The lowest BCUT2D eigenvalue weighted by Crippen LogP contribution is -2.33. The van der Waals surface area contributed by atoms with Crippen LogP contribution in [-0.2, 0) is 6.54 Å². The Hall–Kier alpha value is -1.10. The predicted octanol–water partition coefficient (Wildman–Crippen LogP) is 2.44. The van der Waals surface area contributed by atoms with Crippen molar-refractivity contribution in [2.24, 2.45) is 11.8 Å². The third-order valence-corrected chi connectivity index (χ3v) is 3.75. The minimum Gasteiger partial charge on any atom is -0.407 e. The zero-order chi connectivity index (χ0) is 13.7. The first-order valence-electron chi connectivity index (χ1n) is 7.47. The summed E-state index contributed by atoms with van der Waals surface area (Å²) in [6.07, 6.45) is 3.75. The molecule has 0 atom stereocenters. The largest absolute Gasteiger partial charge is 0.407 e. The van der Waals surface area contributed by atoms with Gasteiger partial charge in [0.1, 0.15) is 0 Å². The zero-order valence-corrected chi connectivity index (χ0v) is 12.4. The third kappa shape index (κ3) is 4.20. The molecule has 1 saturated heterocycles. The second-order valence-corrected chi connectivity index (χ2v) is 5.84. The van der Waals surface area contributed by atoms with Crippen molar-refractivity contribution >= 4 is 6.01 Å². The molecule has 1 N–H and O–H groups in total. The highest BCUT2D eigenvalue weighted by molar-refractivity contribution is 5.24. The van der Waals surface area contributed by atoms with Crippen LogP contribution in [0.1, 0.15) is 45.9 Å². The number of nitrogens with one attached hydrogen (secondary N) is 1. The van der Waals surface area contributed by atoms with Crippen LogP contribution in [0.25, 0.3) is 0 Å². The lowest BCUT2D eigenvalue weighted by molar-refractivity contribution is 0.372. The molecule has 5 nitrogen and oxygen atoms in total. The molecular weight excluding hydrogens is 240 g/mol. The van der Waals surface area contributed by atoms with E-state index in [1.54, 1.807) is 0 Å². The molecule has 108 valence electrons. The molecule has 0 aromatic carbocycles. The van der Waals surface area contributed by atoms with E-state index in [1.807, 2.05) is 0 Å². The number of hydrogen-bond donors (Lipinski definition) is 1. The molecule has 19 heavy (non-hydrogen) atoms. The maximum Gasteiger partial charge on any atom is 0.318 e. The van der Waals surface area contributed by atoms with Gasteiger partial charge < -0.3 is 14.6 Å². The standard InChI is InChI=1S/C14H26N4O/c1-4-12-5-7-18(8-6-12)14-17-16-13(19-14)10-15-9-11(2)3/h11-12,15H,4-10H2,1-3H3. The molecule has 0 spiro atoms. The summed E-state index contributed by atoms with van der Waals surface area (Å²) in [5.41, 5.74) is 0. The topological polar surface area (TPSA) is 54.2 Å². The molecule has 0 unspecified atom stereocenters. The molecule has 1 aromatic heterocycles. The van der Waals surface area contributed by atoms with Crippen LogP contribution in [0.15, 0.2) is 4.42 Å². The maximum absolute atomic E-state index is 5.72. The van der Waals surface area contributed by atoms with Crippen molar-refractivity contribution in [3.63, 3.8) is 0 Å². The highest BCUT2D eigenvalue weighted by Gasteiger charge is 2.21. The van der Waals surface area contributed by atoms with E-state index in [0.29, 0.717) is 24.4 Å². The summed E-state index contributed by atoms with van der Waals surface area (Å²) >= 11 is 0. The van der Waals surface area contributed by atoms with Gasteiger partial charge in [-0.1, -0.05) is 32.3 Å². The van der Waals surface area contributed by atoms with E-state index in [4.69, 9.17) is 4.42 Å². The Morgan fingerprint density at radius 1 is 1.32 bits per heavy atom. The third-order valence-electron chi connectivity index (χ3n) is 3.75. The number of anilines is 1. The number of hydrogen-bond acceptors (Lipinski definition) is 5. The fourth-order valence-electron chi connectivity index (χ4n) is 2.44. The summed E-state index contributed by atoms with van der Waals surface area (Å²) in [5, 5.41) is 11.6. The lowest BCUT2D eigenvalue weighted by atomic mass is 9.95. The first-order valence-corrected chi connectivity index (χ1v) is 7.47. The Bertz CT molecular complexity index is 369. The molecule has 5 heteroatoms. The molecule has 0 radical (unpaired) electrons. The monoisotopic (exact) mass is 266 g/mol. The van der Waals surface area contributed by atoms with Gasteiger partial charge in [0, 0.05) is 13.1 Å². The number of nitrogens with zero attached hydrogens (tertiary/aromatic N) is 3. The molecule has 2 heterocycles. The summed E-state index contributed by atoms with van der Waals surface area (Å²) in [6.45, 7) is 10.4. The Labute approximate surface area is 115 Å². The van der Waals surface area contributed by atoms with E-state index < -0.39 is 0 Å². The Kier molecular flexibility index (Phi) is 5.19. The van der Waals surface area contributed by atoms with Gasteiger partial charge >= 0.3 is 6.01 Å². The predicted molar refractivity (Wildman–Crippen MR) is 76.1 cm³/mol. The van der Waals surface area contributed by atoms with Crippen LogP contribution >= 0.6 is 0 Å². The van der Waals surface area contributed by atoms with Crippen LogP contribution in [0, 0.1) is 11.8 Å². The lowest BCUT2D eigenvalue weighted by Gasteiger charge is -2.29. The number of aromatic nitrogens is 2. The van der Waals surface area contributed by atoms with Crippen LogP contribution in [-0.4, -0.2) is 29.8 Å². The second-order valence-electron chi connectivity index (χ2n) is 5.84. The quantitative estimate of drug-likeness (QED) is 0.857. The van der Waals surface area contributed by atoms with Crippen molar-refractivity contribution in [2.45, 2.75) is 46.6 Å². The maximum atomic E-state index is 5.72. The van der Waals surface area contributed by atoms with E-state index in [-0.39, 0.29) is 0 Å².